The lowest BCUT2D eigenvalue weighted by Crippen LogP contribution is -2.68. The Morgan fingerprint density at radius 3 is 1.93 bits per heavy atom. The number of likely N-dealkylation sites (N-methyl/N-ethyl adjacent to an activating group) is 1. The summed E-state index contributed by atoms with van der Waals surface area (Å²) < 4.78 is 36.3. The highest BCUT2D eigenvalue weighted by Crippen LogP contribution is 2.47. The summed E-state index contributed by atoms with van der Waals surface area (Å²) in [5.41, 5.74) is 10.3. The van der Waals surface area contributed by atoms with E-state index < -0.39 is 10.2 Å². The summed E-state index contributed by atoms with van der Waals surface area (Å²) in [7, 11) is -0.592. The second-order valence-corrected chi connectivity index (χ2v) is 11.8. The van der Waals surface area contributed by atoms with Crippen LogP contribution < -0.4 is 23.5 Å². The van der Waals surface area contributed by atoms with E-state index in [4.69, 9.17) is 18.6 Å². The van der Waals surface area contributed by atoms with Crippen LogP contribution >= 0.6 is 0 Å². The Labute approximate surface area is 238 Å². The molecule has 3 aromatic carbocycles. The Morgan fingerprint density at radius 1 is 0.775 bits per heavy atom. The Balaban J connectivity index is 0.000000681. The fraction of sp³-hybridized carbons (Fsp3) is 0.242. The van der Waals surface area contributed by atoms with Gasteiger partial charge in [-0.1, -0.05) is 92.7 Å². The third-order valence-electron chi connectivity index (χ3n) is 7.81. The van der Waals surface area contributed by atoms with Crippen molar-refractivity contribution in [3.8, 4) is 0 Å². The molecule has 2 aliphatic rings. The van der Waals surface area contributed by atoms with Gasteiger partial charge < -0.3 is 4.90 Å². The van der Waals surface area contributed by atoms with Gasteiger partial charge in [-0.3, -0.25) is 0 Å². The van der Waals surface area contributed by atoms with E-state index in [0.29, 0.717) is 0 Å². The first-order valence-corrected chi connectivity index (χ1v) is 14.3. The molecule has 0 spiro atoms. The van der Waals surface area contributed by atoms with Gasteiger partial charge in [0.2, 0.25) is 5.69 Å². The highest BCUT2D eigenvalue weighted by molar-refractivity contribution is 6.03. The highest BCUT2D eigenvalue weighted by Gasteiger charge is 2.42. The van der Waals surface area contributed by atoms with Gasteiger partial charge in [0.1, 0.15) is 7.05 Å². The van der Waals surface area contributed by atoms with Crippen LogP contribution in [0.5, 0.6) is 0 Å². The van der Waals surface area contributed by atoms with Crippen LogP contribution in [-0.2, 0) is 10.8 Å². The van der Waals surface area contributed by atoms with Crippen LogP contribution in [0.15, 0.2) is 109 Å². The number of benzene rings is 3. The van der Waals surface area contributed by atoms with Crippen molar-refractivity contribution >= 4 is 22.7 Å². The molecule has 0 radical (unpaired) electrons. The Bertz CT molecular complexity index is 1510. The predicted molar refractivity (Wildman–Crippen MR) is 150 cm³/mol. The fourth-order valence-electron chi connectivity index (χ4n) is 5.81. The number of nitrogens with zero attached hydrogens (tertiary/aromatic N) is 2. The standard InChI is InChI=1S/C33H35N2.ClHO4/c1-32(2)26-18-10-12-20-28(26)34(5)30(32)22-14-17-25(24-15-8-7-9-16-24)23-31-33(3,4)27-19-11-13-21-29(27)35(31)6;2-1(3,4)5/h7-23H,1-6H3;(H,2,3,4,5)/q+1;/p-1. The molecule has 2 heterocycles. The Morgan fingerprint density at radius 2 is 1.32 bits per heavy atom. The quantitative estimate of drug-likeness (QED) is 0.362. The summed E-state index contributed by atoms with van der Waals surface area (Å²) in [5, 5.41) is 0. The van der Waals surface area contributed by atoms with Crippen LogP contribution in [0.3, 0.4) is 0 Å². The van der Waals surface area contributed by atoms with E-state index in [1.54, 1.807) is 0 Å². The third-order valence-corrected chi connectivity index (χ3v) is 7.81. The van der Waals surface area contributed by atoms with E-state index in [0.717, 1.165) is 0 Å². The maximum Gasteiger partial charge on any atom is 0.209 e. The maximum atomic E-state index is 8.49. The first kappa shape index (κ1) is 29.5. The monoisotopic (exact) mass is 558 g/mol. The molecule has 0 atom stereocenters. The van der Waals surface area contributed by atoms with Crippen molar-refractivity contribution in [2.45, 2.75) is 38.5 Å². The van der Waals surface area contributed by atoms with E-state index >= 15 is 0 Å². The molecule has 0 fully saturated rings. The molecule has 208 valence electrons. The van der Waals surface area contributed by atoms with E-state index in [1.165, 1.54) is 45.0 Å². The number of para-hydroxylation sites is 2. The molecule has 40 heavy (non-hydrogen) atoms. The van der Waals surface area contributed by atoms with Gasteiger partial charge in [0.05, 0.1) is 5.41 Å². The topological polar surface area (TPSA) is 98.5 Å². The average Bonchev–Trinajstić information content (AvgIpc) is 3.22. The highest BCUT2D eigenvalue weighted by atomic mass is 35.7. The molecule has 0 aromatic heterocycles. The molecule has 0 aliphatic carbocycles. The van der Waals surface area contributed by atoms with Gasteiger partial charge in [0.15, 0.2) is 5.71 Å². The van der Waals surface area contributed by atoms with Gasteiger partial charge in [-0.15, -0.1) is 10.2 Å². The fourth-order valence-corrected chi connectivity index (χ4v) is 5.81. The van der Waals surface area contributed by atoms with Crippen molar-refractivity contribution in [2.24, 2.45) is 0 Å². The van der Waals surface area contributed by atoms with Gasteiger partial charge >= 0.3 is 0 Å². The van der Waals surface area contributed by atoms with E-state index in [-0.39, 0.29) is 10.8 Å². The average molecular weight is 559 g/mol. The molecule has 0 N–H and O–H groups in total. The number of fused-ring (bicyclic) bond motifs is 2. The summed E-state index contributed by atoms with van der Waals surface area (Å²) >= 11 is 0. The molecule has 5 rings (SSSR count). The van der Waals surface area contributed by atoms with Gasteiger partial charge in [-0.2, -0.15) is 4.58 Å². The third kappa shape index (κ3) is 5.97. The lowest BCUT2D eigenvalue weighted by molar-refractivity contribution is -2.00. The van der Waals surface area contributed by atoms with E-state index in [9.17, 15) is 0 Å². The summed E-state index contributed by atoms with van der Waals surface area (Å²) in [6.45, 7) is 9.27. The zero-order chi connectivity index (χ0) is 29.3. The second-order valence-electron chi connectivity index (χ2n) is 11.0. The van der Waals surface area contributed by atoms with Gasteiger partial charge in [-0.25, -0.2) is 18.6 Å². The lowest BCUT2D eigenvalue weighted by atomic mass is 9.81. The van der Waals surface area contributed by atoms with Crippen LogP contribution in [-0.4, -0.2) is 24.4 Å². The molecule has 0 saturated heterocycles. The van der Waals surface area contributed by atoms with E-state index in [1.807, 2.05) is 0 Å². The minimum Gasteiger partial charge on any atom is -0.347 e. The number of hydrogen-bond acceptors (Lipinski definition) is 5. The molecule has 3 aromatic rings. The Hall–Kier alpha value is -3.52. The second kappa shape index (κ2) is 11.2. The minimum absolute atomic E-state index is 0.0314. The molecular weight excluding hydrogens is 524 g/mol. The predicted octanol–water partition coefficient (Wildman–Crippen LogP) is 2.89. The molecule has 7 heteroatoms. The molecule has 2 aliphatic heterocycles. The molecule has 0 unspecified atom stereocenters. The van der Waals surface area contributed by atoms with Crippen LogP contribution in [0, 0.1) is 10.2 Å². The molecule has 0 saturated carbocycles. The smallest absolute Gasteiger partial charge is 0.209 e. The SMILES string of the molecule is CN1C(=CC(=CC=CC2=[N+](C)c3ccccc3C2(C)C)c2ccccc2)C(C)(C)c2ccccc21.[O-][Cl+3]([O-])([O-])[O-]. The van der Waals surface area contributed by atoms with Gasteiger partial charge in [-0.05, 0) is 42.7 Å². The van der Waals surface area contributed by atoms with Crippen LogP contribution in [0.1, 0.15) is 44.4 Å². The van der Waals surface area contributed by atoms with Gasteiger partial charge in [0, 0.05) is 41.6 Å². The Kier molecular flexibility index (Phi) is 8.22. The largest absolute Gasteiger partial charge is 0.347 e. The van der Waals surface area contributed by atoms with Crippen LogP contribution in [0.2, 0.25) is 0 Å². The normalized spacial score (nSPS) is 18.6. The zero-order valence-corrected chi connectivity index (χ0v) is 24.5. The molecule has 6 nitrogen and oxygen atoms in total. The van der Waals surface area contributed by atoms with Crippen molar-refractivity contribution < 1.29 is 33.5 Å². The minimum atomic E-state index is -4.94. The van der Waals surface area contributed by atoms with Gasteiger partial charge in [0.25, 0.3) is 0 Å². The van der Waals surface area contributed by atoms with E-state index in [2.05, 4.69) is 154 Å². The molecule has 0 bridgehead atoms. The number of rotatable bonds is 4. The molecule has 0 amide bonds. The first-order valence-electron chi connectivity index (χ1n) is 13.0. The maximum absolute atomic E-state index is 8.49. The summed E-state index contributed by atoms with van der Waals surface area (Å²) in [6.07, 6.45) is 9.12. The number of anilines is 1. The van der Waals surface area contributed by atoms with Crippen LogP contribution in [0.4, 0.5) is 11.4 Å². The summed E-state index contributed by atoms with van der Waals surface area (Å²) in [5.74, 6) is 0. The van der Waals surface area contributed by atoms with Crippen molar-refractivity contribution in [1.82, 2.24) is 0 Å². The zero-order valence-electron chi connectivity index (χ0n) is 23.7. The lowest BCUT2D eigenvalue weighted by Gasteiger charge is -2.25. The summed E-state index contributed by atoms with van der Waals surface area (Å²) in [4.78, 5) is 2.34. The van der Waals surface area contributed by atoms with Crippen molar-refractivity contribution in [3.05, 3.63) is 126 Å². The van der Waals surface area contributed by atoms with Crippen LogP contribution in [0.25, 0.3) is 5.57 Å². The number of allylic oxidation sites excluding steroid dienone is 6. The summed E-state index contributed by atoms with van der Waals surface area (Å²) in [6, 6.07) is 28.2. The number of hydrogen-bond donors (Lipinski definition) is 0. The first-order chi connectivity index (χ1) is 18.7. The van der Waals surface area contributed by atoms with Crippen molar-refractivity contribution in [3.63, 3.8) is 0 Å². The molecular formula is C33H35ClN2O4. The number of halogens is 1. The van der Waals surface area contributed by atoms with Crippen molar-refractivity contribution in [1.29, 1.82) is 0 Å². The van der Waals surface area contributed by atoms with Crippen molar-refractivity contribution in [2.75, 3.05) is 19.0 Å².